The molecular formula is C32H25AlCl2O5S2. The van der Waals surface area contributed by atoms with E-state index >= 15 is 0 Å². The largest absolute Gasteiger partial charge is 0.870 e. The molecule has 212 valence electrons. The molecule has 0 fully saturated rings. The summed E-state index contributed by atoms with van der Waals surface area (Å²) in [5.74, 6) is -2.64. The summed E-state index contributed by atoms with van der Waals surface area (Å²) in [5, 5.41) is 1.14. The van der Waals surface area contributed by atoms with Gasteiger partial charge in [0.05, 0.1) is 0 Å². The monoisotopic (exact) mass is 650 g/mol. The van der Waals surface area contributed by atoms with Crippen LogP contribution in [0.2, 0.25) is 10.0 Å². The summed E-state index contributed by atoms with van der Waals surface area (Å²) in [4.78, 5) is 29.5. The zero-order valence-electron chi connectivity index (χ0n) is 22.2. The predicted octanol–water partition coefficient (Wildman–Crippen LogP) is 8.98. The molecule has 0 saturated heterocycles. The van der Waals surface area contributed by atoms with Crippen LogP contribution in [0, 0.1) is 0 Å². The Bertz CT molecular complexity index is 1420. The third-order valence-electron chi connectivity index (χ3n) is 5.88. The van der Waals surface area contributed by atoms with Crippen molar-refractivity contribution in [2.75, 3.05) is 0 Å². The number of carbonyl (C=O) groups is 2. The molecule has 0 aliphatic heterocycles. The van der Waals surface area contributed by atoms with Crippen molar-refractivity contribution < 1.29 is 22.6 Å². The first-order valence-corrected chi connectivity index (χ1v) is 15.7. The Labute approximate surface area is 270 Å². The van der Waals surface area contributed by atoms with Gasteiger partial charge in [-0.2, -0.15) is 0 Å². The molecule has 2 atom stereocenters. The number of rotatable bonds is 12. The molecule has 4 aromatic carbocycles. The molecule has 42 heavy (non-hydrogen) atoms. The average Bonchev–Trinajstić information content (AvgIpc) is 2.98. The minimum atomic E-state index is -1.41. The zero-order chi connectivity index (χ0) is 29.2. The standard InChI is InChI=1S/2C16H13ClO2S.Al.H2O/c2*1-2-13(16(18)19)11-8-9-14(17)15(10-11)20-12-6-4-3-5-7-12;;/h2*2-10,13H,1H2,(H,18,19);;1H2/q;;+3;/p-3. The van der Waals surface area contributed by atoms with Gasteiger partial charge in [0.2, 0.25) is 0 Å². The van der Waals surface area contributed by atoms with Gasteiger partial charge >= 0.3 is 267 Å². The Balaban J connectivity index is 0.00000484. The Morgan fingerprint density at radius 2 is 1.05 bits per heavy atom. The van der Waals surface area contributed by atoms with Crippen molar-refractivity contribution in [3.63, 3.8) is 0 Å². The van der Waals surface area contributed by atoms with Crippen LogP contribution in [0.4, 0.5) is 0 Å². The van der Waals surface area contributed by atoms with Crippen molar-refractivity contribution in [1.82, 2.24) is 0 Å². The van der Waals surface area contributed by atoms with Gasteiger partial charge in [-0.15, -0.1) is 0 Å². The maximum absolute atomic E-state index is 12.9. The Kier molecular flexibility index (Phi) is 13.3. The van der Waals surface area contributed by atoms with Crippen molar-refractivity contribution in [3.05, 3.63) is 144 Å². The van der Waals surface area contributed by atoms with Crippen LogP contribution in [-0.2, 0) is 17.2 Å². The van der Waals surface area contributed by atoms with E-state index < -0.39 is 39.7 Å². The quantitative estimate of drug-likeness (QED) is 0.112. The maximum Gasteiger partial charge on any atom is -0.870 e. The summed E-state index contributed by atoms with van der Waals surface area (Å²) in [5.41, 5.74) is 1.35. The number of hydrogen-bond donors (Lipinski definition) is 0. The third-order valence-corrected chi connectivity index (χ3v) is 9.55. The first kappa shape index (κ1) is 33.6. The van der Waals surface area contributed by atoms with E-state index in [-0.39, 0.29) is 5.48 Å². The van der Waals surface area contributed by atoms with Crippen LogP contribution in [0.15, 0.2) is 142 Å². The molecule has 0 heterocycles. The summed E-state index contributed by atoms with van der Waals surface area (Å²) in [6, 6.07) is 30.3. The minimum Gasteiger partial charge on any atom is -0.870 e. The SMILES string of the molecule is C=CC(C(=O)[O][Al+][O]C(=O)C(C=C)c1ccc(Cl)c(Sc2ccccc2)c1)c1ccc(Cl)c(Sc2ccccc2)c1.[OH-]. The molecular weight excluding hydrogens is 626 g/mol. The fourth-order valence-corrected chi connectivity index (χ4v) is 6.63. The van der Waals surface area contributed by atoms with Gasteiger partial charge in [-0.3, -0.25) is 0 Å². The molecule has 2 unspecified atom stereocenters. The van der Waals surface area contributed by atoms with Gasteiger partial charge in [-0.25, -0.2) is 0 Å². The van der Waals surface area contributed by atoms with Gasteiger partial charge in [-0.1, -0.05) is 0 Å². The Hall–Kier alpha value is -2.93. The van der Waals surface area contributed by atoms with Gasteiger partial charge in [0.15, 0.2) is 0 Å². The minimum absolute atomic E-state index is 0. The predicted molar refractivity (Wildman–Crippen MR) is 170 cm³/mol. The van der Waals surface area contributed by atoms with Gasteiger partial charge in [0, 0.05) is 0 Å². The van der Waals surface area contributed by atoms with E-state index in [4.69, 9.17) is 30.8 Å². The molecule has 5 nitrogen and oxygen atoms in total. The average molecular weight is 652 g/mol. The number of benzene rings is 4. The van der Waals surface area contributed by atoms with E-state index in [9.17, 15) is 9.59 Å². The number of hydrogen-bond acceptors (Lipinski definition) is 7. The smallest absolute Gasteiger partial charge is 0.870 e. The molecule has 0 spiro atoms. The fourth-order valence-electron chi connectivity index (χ4n) is 3.82. The summed E-state index contributed by atoms with van der Waals surface area (Å²) >= 11 is 14.4. The molecule has 0 aliphatic carbocycles. The van der Waals surface area contributed by atoms with Gasteiger partial charge in [0.25, 0.3) is 0 Å². The van der Waals surface area contributed by atoms with Crippen LogP contribution in [0.25, 0.3) is 0 Å². The summed E-state index contributed by atoms with van der Waals surface area (Å²) < 4.78 is 10.8. The molecule has 4 rings (SSSR count). The van der Waals surface area contributed by atoms with Gasteiger partial charge in [-0.05, 0) is 0 Å². The van der Waals surface area contributed by atoms with E-state index in [1.54, 1.807) is 24.3 Å². The third kappa shape index (κ3) is 9.03. The molecule has 1 N–H and O–H groups in total. The summed E-state index contributed by atoms with van der Waals surface area (Å²) in [6.07, 6.45) is 2.99. The van der Waals surface area contributed by atoms with Crippen LogP contribution >= 0.6 is 46.7 Å². The van der Waals surface area contributed by atoms with E-state index in [0.29, 0.717) is 21.2 Å². The fraction of sp³-hybridized carbons (Fsp3) is 0.0625. The van der Waals surface area contributed by atoms with Crippen LogP contribution in [-0.4, -0.2) is 33.3 Å². The summed E-state index contributed by atoms with van der Waals surface area (Å²) in [6.45, 7) is 7.60. The van der Waals surface area contributed by atoms with E-state index in [2.05, 4.69) is 13.2 Å². The molecule has 4 aromatic rings. The number of carbonyl (C=O) groups excluding carboxylic acids is 2. The second-order valence-corrected chi connectivity index (χ2v) is 12.3. The van der Waals surface area contributed by atoms with Crippen molar-refractivity contribution in [2.45, 2.75) is 31.4 Å². The van der Waals surface area contributed by atoms with Crippen molar-refractivity contribution in [1.29, 1.82) is 0 Å². The molecule has 0 aromatic heterocycles. The van der Waals surface area contributed by atoms with Crippen LogP contribution in [0.1, 0.15) is 23.0 Å². The van der Waals surface area contributed by atoms with Crippen molar-refractivity contribution in [3.8, 4) is 0 Å². The molecule has 10 heteroatoms. The molecule has 0 bridgehead atoms. The second-order valence-electron chi connectivity index (χ2n) is 8.61. The molecule has 0 aliphatic rings. The van der Waals surface area contributed by atoms with E-state index in [0.717, 1.165) is 19.6 Å². The molecule has 0 amide bonds. The van der Waals surface area contributed by atoms with Crippen molar-refractivity contribution in [2.24, 2.45) is 0 Å². The first-order valence-electron chi connectivity index (χ1n) is 12.4. The topological polar surface area (TPSA) is 82.6 Å². The number of halogens is 2. The van der Waals surface area contributed by atoms with Gasteiger partial charge < -0.3 is 5.48 Å². The normalized spacial score (nSPS) is 11.7. The van der Waals surface area contributed by atoms with E-state index in [1.807, 2.05) is 72.8 Å². The Morgan fingerprint density at radius 3 is 1.40 bits per heavy atom. The molecule has 0 radical (unpaired) electrons. The first-order chi connectivity index (χ1) is 19.9. The summed E-state index contributed by atoms with van der Waals surface area (Å²) in [7, 11) is 0. The second kappa shape index (κ2) is 16.6. The maximum atomic E-state index is 12.9. The van der Waals surface area contributed by atoms with Crippen LogP contribution in [0.5, 0.6) is 0 Å². The van der Waals surface area contributed by atoms with Gasteiger partial charge in [0.1, 0.15) is 0 Å². The van der Waals surface area contributed by atoms with E-state index in [1.165, 1.54) is 35.7 Å². The van der Waals surface area contributed by atoms with Crippen LogP contribution < -0.4 is 0 Å². The van der Waals surface area contributed by atoms with Crippen LogP contribution in [0.3, 0.4) is 0 Å². The zero-order valence-corrected chi connectivity index (χ0v) is 26.5. The molecule has 0 saturated carbocycles. The van der Waals surface area contributed by atoms with Crippen molar-refractivity contribution >= 4 is 74.6 Å². The Morgan fingerprint density at radius 1 is 0.667 bits per heavy atom.